The molecular weight excluding hydrogens is 186 g/mol. The molecule has 1 saturated heterocycles. The molecule has 2 unspecified atom stereocenters. The van der Waals surface area contributed by atoms with E-state index in [1.165, 1.54) is 29.8 Å². The van der Waals surface area contributed by atoms with Crippen molar-refractivity contribution < 1.29 is 9.64 Å². The number of likely N-dealkylation sites (tertiary alicyclic amines) is 1. The first-order valence-corrected chi connectivity index (χ1v) is 5.60. The van der Waals surface area contributed by atoms with Crippen LogP contribution < -0.4 is 9.64 Å². The van der Waals surface area contributed by atoms with Crippen LogP contribution in [0.25, 0.3) is 0 Å². The van der Waals surface area contributed by atoms with Crippen LogP contribution >= 0.6 is 0 Å². The van der Waals surface area contributed by atoms with Gasteiger partial charge in [-0.3, -0.25) is 0 Å². The van der Waals surface area contributed by atoms with Gasteiger partial charge in [-0.25, -0.2) is 0 Å². The molecule has 0 amide bonds. The van der Waals surface area contributed by atoms with E-state index in [1.807, 2.05) is 12.1 Å². The summed E-state index contributed by atoms with van der Waals surface area (Å²) >= 11 is 0. The molecule has 15 heavy (non-hydrogen) atoms. The maximum atomic E-state index is 5.14. The maximum Gasteiger partial charge on any atom is 0.118 e. The minimum Gasteiger partial charge on any atom is -0.497 e. The highest BCUT2D eigenvalue weighted by Crippen LogP contribution is 2.14. The fourth-order valence-corrected chi connectivity index (χ4v) is 2.28. The first kappa shape index (κ1) is 10.5. The maximum absolute atomic E-state index is 5.14. The Morgan fingerprint density at radius 1 is 1.40 bits per heavy atom. The summed E-state index contributed by atoms with van der Waals surface area (Å²) in [5.74, 6) is 0.934. The van der Waals surface area contributed by atoms with Gasteiger partial charge in [-0.1, -0.05) is 12.1 Å². The lowest BCUT2D eigenvalue weighted by atomic mass is 10.0. The Kier molecular flexibility index (Phi) is 3.27. The molecule has 2 atom stereocenters. The summed E-state index contributed by atoms with van der Waals surface area (Å²) in [4.78, 5) is 1.44. The van der Waals surface area contributed by atoms with E-state index in [2.05, 4.69) is 19.2 Å². The molecule has 1 N–H and O–H groups in total. The third kappa shape index (κ3) is 2.51. The quantitative estimate of drug-likeness (QED) is 0.729. The Morgan fingerprint density at radius 3 is 2.67 bits per heavy atom. The van der Waals surface area contributed by atoms with Crippen molar-refractivity contribution in [3.05, 3.63) is 36.9 Å². The van der Waals surface area contributed by atoms with Crippen LogP contribution in [0.3, 0.4) is 0 Å². The van der Waals surface area contributed by atoms with Gasteiger partial charge in [0.1, 0.15) is 5.75 Å². The third-order valence-corrected chi connectivity index (χ3v) is 3.27. The van der Waals surface area contributed by atoms with Crippen molar-refractivity contribution in [2.75, 3.05) is 13.7 Å². The molecule has 0 radical (unpaired) electrons. The average Bonchev–Trinajstić information content (AvgIpc) is 2.66. The van der Waals surface area contributed by atoms with Crippen LogP contribution in [0.1, 0.15) is 18.4 Å². The molecule has 0 bridgehead atoms. The predicted molar refractivity (Wildman–Crippen MR) is 60.9 cm³/mol. The van der Waals surface area contributed by atoms with Crippen molar-refractivity contribution in [1.29, 1.82) is 0 Å². The molecule has 1 aliphatic rings. The molecule has 1 aliphatic heterocycles. The zero-order valence-corrected chi connectivity index (χ0v) is 9.33. The van der Waals surface area contributed by atoms with E-state index in [0.717, 1.165) is 12.2 Å². The largest absolute Gasteiger partial charge is 0.497 e. The van der Waals surface area contributed by atoms with Crippen molar-refractivity contribution in [3.8, 4) is 5.75 Å². The molecular formula is C13H19NO. The van der Waals surface area contributed by atoms with Crippen LogP contribution in [-0.2, 0) is 6.42 Å². The first-order valence-electron chi connectivity index (χ1n) is 5.60. The van der Waals surface area contributed by atoms with Gasteiger partial charge in [0.2, 0.25) is 0 Å². The molecule has 1 aromatic carbocycles. The summed E-state index contributed by atoms with van der Waals surface area (Å²) in [6.45, 7) is 1.22. The van der Waals surface area contributed by atoms with Gasteiger partial charge in [-0.05, 0) is 24.1 Å². The van der Waals surface area contributed by atoms with Crippen LogP contribution in [0.5, 0.6) is 5.75 Å². The number of ether oxygens (including phenoxy) is 1. The molecule has 1 aromatic rings. The highest BCUT2D eigenvalue weighted by atomic mass is 16.5. The van der Waals surface area contributed by atoms with Gasteiger partial charge in [-0.2, -0.15) is 7.05 Å². The number of hydrogen-bond acceptors (Lipinski definition) is 1. The van der Waals surface area contributed by atoms with E-state index in [1.54, 1.807) is 7.11 Å². The monoisotopic (exact) mass is 205 g/mol. The Balaban J connectivity index is 1.98. The molecule has 2 rings (SSSR count). The van der Waals surface area contributed by atoms with Crippen LogP contribution in [0.2, 0.25) is 0 Å². The number of quaternary nitrogens is 1. The van der Waals surface area contributed by atoms with E-state index in [-0.39, 0.29) is 0 Å². The van der Waals surface area contributed by atoms with E-state index in [4.69, 9.17) is 4.74 Å². The van der Waals surface area contributed by atoms with Crippen LogP contribution in [0.15, 0.2) is 24.3 Å². The fraction of sp³-hybridized carbons (Fsp3) is 0.462. The van der Waals surface area contributed by atoms with Crippen LogP contribution in [0.4, 0.5) is 0 Å². The summed E-state index contributed by atoms with van der Waals surface area (Å²) in [5.41, 5.74) is 1.39. The molecule has 1 fully saturated rings. The van der Waals surface area contributed by atoms with Gasteiger partial charge < -0.3 is 9.64 Å². The van der Waals surface area contributed by atoms with Crippen molar-refractivity contribution in [2.45, 2.75) is 25.3 Å². The summed E-state index contributed by atoms with van der Waals surface area (Å²) < 4.78 is 5.14. The zero-order valence-electron chi connectivity index (χ0n) is 9.33. The lowest BCUT2D eigenvalue weighted by Crippen LogP contribution is -3.08. The van der Waals surface area contributed by atoms with Crippen molar-refractivity contribution in [1.82, 2.24) is 0 Å². The second-order valence-electron chi connectivity index (χ2n) is 4.30. The van der Waals surface area contributed by atoms with Crippen molar-refractivity contribution >= 4 is 0 Å². The van der Waals surface area contributed by atoms with E-state index < -0.39 is 0 Å². The third-order valence-electron chi connectivity index (χ3n) is 3.27. The molecule has 0 aromatic heterocycles. The lowest BCUT2D eigenvalue weighted by molar-refractivity contribution is -0.866. The Bertz CT molecular complexity index is 307. The average molecular weight is 205 g/mol. The molecule has 2 heteroatoms. The first-order chi connectivity index (χ1) is 7.29. The predicted octanol–water partition coefficient (Wildman–Crippen LogP) is 1.08. The molecule has 1 heterocycles. The van der Waals surface area contributed by atoms with Gasteiger partial charge in [0.05, 0.1) is 19.7 Å². The Labute approximate surface area is 91.9 Å². The number of rotatable bonds is 3. The smallest absolute Gasteiger partial charge is 0.118 e. The molecule has 2 nitrogen and oxygen atoms in total. The second kappa shape index (κ2) is 4.67. The Hall–Kier alpha value is -1.02. The van der Waals surface area contributed by atoms with Gasteiger partial charge in [0.25, 0.3) is 0 Å². The second-order valence-corrected chi connectivity index (χ2v) is 4.30. The normalized spacial score (nSPS) is 25.5. The van der Waals surface area contributed by atoms with Crippen molar-refractivity contribution in [3.63, 3.8) is 0 Å². The van der Waals surface area contributed by atoms with Gasteiger partial charge in [0, 0.05) is 12.8 Å². The summed E-state index contributed by atoms with van der Waals surface area (Å²) in [6, 6.07) is 9.09. The van der Waals surface area contributed by atoms with Gasteiger partial charge in [0.15, 0.2) is 0 Å². The molecule has 82 valence electrons. The summed E-state index contributed by atoms with van der Waals surface area (Å²) in [5, 5.41) is 0. The Morgan fingerprint density at radius 2 is 2.13 bits per heavy atom. The van der Waals surface area contributed by atoms with Crippen LogP contribution in [0, 0.1) is 7.05 Å². The van der Waals surface area contributed by atoms with Gasteiger partial charge >= 0.3 is 0 Å². The minimum atomic E-state index is 0.707. The molecule has 0 spiro atoms. The topological polar surface area (TPSA) is 13.7 Å². The van der Waals surface area contributed by atoms with E-state index >= 15 is 0 Å². The summed E-state index contributed by atoms with van der Waals surface area (Å²) in [7, 11) is 5.84. The van der Waals surface area contributed by atoms with Gasteiger partial charge in [-0.15, -0.1) is 0 Å². The highest BCUT2D eigenvalue weighted by Gasteiger charge is 2.21. The van der Waals surface area contributed by atoms with E-state index in [9.17, 15) is 0 Å². The van der Waals surface area contributed by atoms with E-state index in [0.29, 0.717) is 6.04 Å². The molecule has 0 saturated carbocycles. The summed E-state index contributed by atoms with van der Waals surface area (Å²) in [6.07, 6.45) is 3.77. The highest BCUT2D eigenvalue weighted by molar-refractivity contribution is 5.27. The van der Waals surface area contributed by atoms with Crippen molar-refractivity contribution in [2.24, 2.45) is 0 Å². The standard InChI is InChI=1S/C13H19NO/c1-14-9-3-4-12(14)10-11-5-7-13(15-2)8-6-11/h5-8,12,14H,1,3-4,9-10H2,2H3. The number of methoxy groups -OCH3 is 1. The zero-order chi connectivity index (χ0) is 10.7. The SMILES string of the molecule is [CH2-][NH+]1CCCC1Cc1ccc(OC)cc1. The number of nitrogens with one attached hydrogen (secondary N) is 1. The lowest BCUT2D eigenvalue weighted by Gasteiger charge is -2.23. The minimum absolute atomic E-state index is 0.707. The number of benzene rings is 1. The van der Waals surface area contributed by atoms with Crippen LogP contribution in [-0.4, -0.2) is 19.7 Å². The number of hydrogen-bond donors (Lipinski definition) is 1. The fourth-order valence-electron chi connectivity index (χ4n) is 2.28. The molecule has 0 aliphatic carbocycles.